The highest BCUT2D eigenvalue weighted by atomic mass is 19.1. The van der Waals surface area contributed by atoms with Gasteiger partial charge in [-0.3, -0.25) is 0 Å². The second-order valence-electron chi connectivity index (χ2n) is 4.70. The van der Waals surface area contributed by atoms with E-state index in [0.29, 0.717) is 11.5 Å². The fourth-order valence-corrected chi connectivity index (χ4v) is 1.92. The zero-order valence-corrected chi connectivity index (χ0v) is 11.1. The molecule has 19 heavy (non-hydrogen) atoms. The van der Waals surface area contributed by atoms with Gasteiger partial charge in [0.05, 0.1) is 14.2 Å². The fraction of sp³-hybridized carbons (Fsp3) is 0.500. The number of hydrogen-bond donors (Lipinski definition) is 1. The molecule has 0 spiro atoms. The minimum atomic E-state index is -0.633. The predicted octanol–water partition coefficient (Wildman–Crippen LogP) is 2.05. The molecule has 5 heteroatoms. The number of nitrogens with one attached hydrogen (secondary N) is 1. The lowest BCUT2D eigenvalue weighted by Gasteiger charge is -2.17. The van der Waals surface area contributed by atoms with Gasteiger partial charge in [-0.15, -0.1) is 0 Å². The summed E-state index contributed by atoms with van der Waals surface area (Å²) >= 11 is 0. The second kappa shape index (κ2) is 6.02. The first-order chi connectivity index (χ1) is 9.15. The van der Waals surface area contributed by atoms with E-state index in [-0.39, 0.29) is 5.75 Å². The van der Waals surface area contributed by atoms with Crippen molar-refractivity contribution in [3.63, 3.8) is 0 Å². The monoisotopic (exact) mass is 267 g/mol. The van der Waals surface area contributed by atoms with Crippen LogP contribution in [-0.2, 0) is 9.53 Å². The van der Waals surface area contributed by atoms with Crippen LogP contribution >= 0.6 is 0 Å². The van der Waals surface area contributed by atoms with Gasteiger partial charge >= 0.3 is 5.97 Å². The first-order valence-corrected chi connectivity index (χ1v) is 6.30. The number of methoxy groups -OCH3 is 2. The number of rotatable bonds is 6. The third-order valence-electron chi connectivity index (χ3n) is 3.25. The average Bonchev–Trinajstić information content (AvgIpc) is 3.23. The maximum Gasteiger partial charge on any atom is 0.327 e. The van der Waals surface area contributed by atoms with Crippen molar-refractivity contribution in [3.05, 3.63) is 29.6 Å². The average molecular weight is 267 g/mol. The smallest absolute Gasteiger partial charge is 0.327 e. The van der Waals surface area contributed by atoms with Crippen molar-refractivity contribution in [3.8, 4) is 5.75 Å². The lowest BCUT2D eigenvalue weighted by atomic mass is 10.1. The van der Waals surface area contributed by atoms with E-state index in [4.69, 9.17) is 9.47 Å². The van der Waals surface area contributed by atoms with Crippen molar-refractivity contribution < 1.29 is 18.7 Å². The topological polar surface area (TPSA) is 47.6 Å². The molecule has 1 saturated carbocycles. The van der Waals surface area contributed by atoms with E-state index >= 15 is 0 Å². The minimum absolute atomic E-state index is 0.162. The molecule has 0 amide bonds. The van der Waals surface area contributed by atoms with Crippen LogP contribution in [0.15, 0.2) is 18.2 Å². The van der Waals surface area contributed by atoms with Crippen molar-refractivity contribution >= 4 is 5.97 Å². The molecule has 104 valence electrons. The SMILES string of the molecule is COC(=O)C(NCC1CC1)c1ccc(OC)c(F)c1. The number of hydrogen-bond acceptors (Lipinski definition) is 4. The van der Waals surface area contributed by atoms with Gasteiger partial charge in [-0.2, -0.15) is 0 Å². The zero-order valence-electron chi connectivity index (χ0n) is 11.1. The van der Waals surface area contributed by atoms with Crippen molar-refractivity contribution in [2.45, 2.75) is 18.9 Å². The Kier molecular flexibility index (Phi) is 4.37. The number of carbonyl (C=O) groups is 1. The van der Waals surface area contributed by atoms with Gasteiger partial charge in [-0.05, 0) is 43.0 Å². The lowest BCUT2D eigenvalue weighted by Crippen LogP contribution is -2.31. The predicted molar refractivity (Wildman–Crippen MR) is 68.4 cm³/mol. The minimum Gasteiger partial charge on any atom is -0.494 e. The highest BCUT2D eigenvalue weighted by Gasteiger charge is 2.27. The van der Waals surface area contributed by atoms with E-state index in [1.54, 1.807) is 6.07 Å². The Morgan fingerprint density at radius 3 is 2.74 bits per heavy atom. The van der Waals surface area contributed by atoms with Gasteiger partial charge in [0, 0.05) is 0 Å². The highest BCUT2D eigenvalue weighted by Crippen LogP contribution is 2.29. The molecule has 1 aromatic carbocycles. The van der Waals surface area contributed by atoms with Crippen molar-refractivity contribution in [1.82, 2.24) is 5.32 Å². The molecule has 1 atom stereocenters. The van der Waals surface area contributed by atoms with Gasteiger partial charge in [-0.25, -0.2) is 9.18 Å². The number of esters is 1. The van der Waals surface area contributed by atoms with Crippen LogP contribution in [0.2, 0.25) is 0 Å². The normalized spacial score (nSPS) is 15.9. The molecule has 0 aromatic heterocycles. The van der Waals surface area contributed by atoms with Crippen LogP contribution in [0.5, 0.6) is 5.75 Å². The molecule has 1 fully saturated rings. The zero-order chi connectivity index (χ0) is 13.8. The van der Waals surface area contributed by atoms with Crippen LogP contribution in [0.3, 0.4) is 0 Å². The summed E-state index contributed by atoms with van der Waals surface area (Å²) in [6.07, 6.45) is 2.36. The molecule has 1 N–H and O–H groups in total. The quantitative estimate of drug-likeness (QED) is 0.801. The fourth-order valence-electron chi connectivity index (χ4n) is 1.92. The first kappa shape index (κ1) is 13.8. The van der Waals surface area contributed by atoms with Gasteiger partial charge in [0.15, 0.2) is 11.6 Å². The second-order valence-corrected chi connectivity index (χ2v) is 4.70. The van der Waals surface area contributed by atoms with Crippen LogP contribution in [0.1, 0.15) is 24.4 Å². The first-order valence-electron chi connectivity index (χ1n) is 6.30. The Morgan fingerprint density at radius 2 is 2.21 bits per heavy atom. The third kappa shape index (κ3) is 3.44. The molecule has 0 heterocycles. The largest absolute Gasteiger partial charge is 0.494 e. The summed E-state index contributed by atoms with van der Waals surface area (Å²) in [5.74, 6) is -0.114. The summed E-state index contributed by atoms with van der Waals surface area (Å²) < 4.78 is 23.3. The highest BCUT2D eigenvalue weighted by molar-refractivity contribution is 5.77. The Balaban J connectivity index is 2.15. The van der Waals surface area contributed by atoms with Crippen molar-refractivity contribution in [1.29, 1.82) is 0 Å². The van der Waals surface area contributed by atoms with E-state index < -0.39 is 17.8 Å². The van der Waals surface area contributed by atoms with Crippen molar-refractivity contribution in [2.75, 3.05) is 20.8 Å². The van der Waals surface area contributed by atoms with Crippen LogP contribution in [0, 0.1) is 11.7 Å². The molecule has 1 aliphatic rings. The number of ether oxygens (including phenoxy) is 2. The Bertz CT molecular complexity index is 460. The van der Waals surface area contributed by atoms with Gasteiger partial charge < -0.3 is 14.8 Å². The Morgan fingerprint density at radius 1 is 1.47 bits per heavy atom. The summed E-state index contributed by atoms with van der Waals surface area (Å²) in [5, 5.41) is 3.13. The summed E-state index contributed by atoms with van der Waals surface area (Å²) in [4.78, 5) is 11.8. The van der Waals surface area contributed by atoms with E-state index in [0.717, 1.165) is 6.54 Å². The van der Waals surface area contributed by atoms with Gasteiger partial charge in [0.2, 0.25) is 0 Å². The van der Waals surface area contributed by atoms with Crippen LogP contribution in [0.25, 0.3) is 0 Å². The van der Waals surface area contributed by atoms with Crippen LogP contribution < -0.4 is 10.1 Å². The maximum absolute atomic E-state index is 13.7. The van der Waals surface area contributed by atoms with E-state index in [1.807, 2.05) is 0 Å². The van der Waals surface area contributed by atoms with Gasteiger partial charge in [-0.1, -0.05) is 6.07 Å². The van der Waals surface area contributed by atoms with Gasteiger partial charge in [0.25, 0.3) is 0 Å². The van der Waals surface area contributed by atoms with Crippen LogP contribution in [-0.4, -0.2) is 26.7 Å². The van der Waals surface area contributed by atoms with Crippen molar-refractivity contribution in [2.24, 2.45) is 5.92 Å². The Hall–Kier alpha value is -1.62. The van der Waals surface area contributed by atoms with E-state index in [1.165, 1.54) is 39.2 Å². The summed E-state index contributed by atoms with van der Waals surface area (Å²) in [5.41, 5.74) is 0.547. The molecule has 0 saturated heterocycles. The lowest BCUT2D eigenvalue weighted by molar-refractivity contribution is -0.143. The molecule has 0 bridgehead atoms. The molecule has 1 aliphatic carbocycles. The summed E-state index contributed by atoms with van der Waals surface area (Å²) in [6.45, 7) is 0.743. The number of carbonyl (C=O) groups excluding carboxylic acids is 1. The van der Waals surface area contributed by atoms with E-state index in [9.17, 15) is 9.18 Å². The Labute approximate surface area is 111 Å². The van der Waals surface area contributed by atoms with Crippen LogP contribution in [0.4, 0.5) is 4.39 Å². The number of halogens is 1. The third-order valence-corrected chi connectivity index (χ3v) is 3.25. The molecule has 4 nitrogen and oxygen atoms in total. The molecule has 0 aliphatic heterocycles. The molecular weight excluding hydrogens is 249 g/mol. The van der Waals surface area contributed by atoms with E-state index in [2.05, 4.69) is 5.32 Å². The standard InChI is InChI=1S/C14H18FNO3/c1-18-12-6-5-10(7-11(12)15)13(14(17)19-2)16-8-9-3-4-9/h5-7,9,13,16H,3-4,8H2,1-2H3. The van der Waals surface area contributed by atoms with Gasteiger partial charge in [0.1, 0.15) is 6.04 Å². The maximum atomic E-state index is 13.7. The molecular formula is C14H18FNO3. The molecule has 1 aromatic rings. The molecule has 2 rings (SSSR count). The summed E-state index contributed by atoms with van der Waals surface area (Å²) in [7, 11) is 2.73. The number of benzene rings is 1. The summed E-state index contributed by atoms with van der Waals surface area (Å²) in [6, 6.07) is 3.86. The molecule has 1 unspecified atom stereocenters. The molecule has 0 radical (unpaired) electrons.